The van der Waals surface area contributed by atoms with Crippen LogP contribution in [0.5, 0.6) is 0 Å². The summed E-state index contributed by atoms with van der Waals surface area (Å²) in [4.78, 5) is 17.9. The third-order valence-electron chi connectivity index (χ3n) is 4.72. The van der Waals surface area contributed by atoms with E-state index in [1.807, 2.05) is 47.3 Å². The highest BCUT2D eigenvalue weighted by Gasteiger charge is 2.19. The molecule has 0 saturated heterocycles. The monoisotopic (exact) mass is 364 g/mol. The first-order valence-corrected chi connectivity index (χ1v) is 9.63. The average molecular weight is 364 g/mol. The summed E-state index contributed by atoms with van der Waals surface area (Å²) in [7, 11) is 0. The fraction of sp³-hybridized carbons (Fsp3) is 0.250. The number of imidazole rings is 1. The maximum atomic E-state index is 12.5. The predicted molar refractivity (Wildman–Crippen MR) is 104 cm³/mol. The Bertz CT molecular complexity index is 939. The van der Waals surface area contributed by atoms with Crippen molar-refractivity contribution < 1.29 is 4.79 Å². The zero-order chi connectivity index (χ0) is 17.9. The van der Waals surface area contributed by atoms with Crippen LogP contribution in [0.25, 0.3) is 5.69 Å². The smallest absolute Gasteiger partial charge is 0.272 e. The lowest BCUT2D eigenvalue weighted by Gasteiger charge is -2.12. The first-order chi connectivity index (χ1) is 12.7. The molecule has 2 heterocycles. The van der Waals surface area contributed by atoms with E-state index in [-0.39, 0.29) is 5.91 Å². The first kappa shape index (κ1) is 16.7. The van der Waals surface area contributed by atoms with Crippen molar-refractivity contribution in [3.8, 4) is 5.69 Å². The lowest BCUT2D eigenvalue weighted by Crippen LogP contribution is -2.20. The molecule has 132 valence electrons. The van der Waals surface area contributed by atoms with E-state index in [9.17, 15) is 4.79 Å². The summed E-state index contributed by atoms with van der Waals surface area (Å²) >= 11 is 1.69. The Labute approximate surface area is 156 Å². The fourth-order valence-corrected chi connectivity index (χ4v) is 4.36. The molecule has 0 aliphatic heterocycles. The van der Waals surface area contributed by atoms with Gasteiger partial charge in [-0.1, -0.05) is 12.1 Å². The van der Waals surface area contributed by atoms with E-state index in [0.29, 0.717) is 0 Å². The van der Waals surface area contributed by atoms with Crippen molar-refractivity contribution in [2.24, 2.45) is 5.10 Å². The molecule has 2 aromatic heterocycles. The Morgan fingerprint density at radius 1 is 1.23 bits per heavy atom. The van der Waals surface area contributed by atoms with Gasteiger partial charge in [-0.25, -0.2) is 10.4 Å². The molecule has 26 heavy (non-hydrogen) atoms. The van der Waals surface area contributed by atoms with E-state index in [1.165, 1.54) is 16.9 Å². The van der Waals surface area contributed by atoms with E-state index >= 15 is 0 Å². The molecule has 1 N–H and O–H groups in total. The van der Waals surface area contributed by atoms with Crippen LogP contribution in [-0.2, 0) is 12.8 Å². The molecule has 0 atom stereocenters. The summed E-state index contributed by atoms with van der Waals surface area (Å²) in [6, 6.07) is 8.00. The highest BCUT2D eigenvalue weighted by Crippen LogP contribution is 2.30. The maximum Gasteiger partial charge on any atom is 0.272 e. The quantitative estimate of drug-likeness (QED) is 0.562. The Hall–Kier alpha value is -2.73. The van der Waals surface area contributed by atoms with Gasteiger partial charge in [-0.15, -0.1) is 11.3 Å². The topological polar surface area (TPSA) is 59.3 Å². The Balaban J connectivity index is 1.46. The van der Waals surface area contributed by atoms with Gasteiger partial charge in [0, 0.05) is 28.3 Å². The van der Waals surface area contributed by atoms with Gasteiger partial charge in [0.05, 0.1) is 17.6 Å². The SMILES string of the molecule is C/C(=N\NC(=O)c1csc2c1CCCC2)c1ccc(-n2ccnc2)cc1. The molecule has 1 aromatic carbocycles. The fourth-order valence-electron chi connectivity index (χ4n) is 3.23. The molecule has 0 unspecified atom stereocenters. The van der Waals surface area contributed by atoms with Crippen molar-refractivity contribution in [3.63, 3.8) is 0 Å². The summed E-state index contributed by atoms with van der Waals surface area (Å²) in [6.45, 7) is 1.90. The van der Waals surface area contributed by atoms with Crippen LogP contribution in [0.4, 0.5) is 0 Å². The van der Waals surface area contributed by atoms with Crippen LogP contribution in [-0.4, -0.2) is 21.2 Å². The van der Waals surface area contributed by atoms with Crippen LogP contribution >= 0.6 is 11.3 Å². The summed E-state index contributed by atoms with van der Waals surface area (Å²) in [6.07, 6.45) is 9.89. The van der Waals surface area contributed by atoms with E-state index < -0.39 is 0 Å². The number of aryl methyl sites for hydroxylation is 1. The van der Waals surface area contributed by atoms with Gasteiger partial charge in [0.2, 0.25) is 0 Å². The number of thiophene rings is 1. The molecule has 3 aromatic rings. The number of fused-ring (bicyclic) bond motifs is 1. The summed E-state index contributed by atoms with van der Waals surface area (Å²) < 4.78 is 1.94. The van der Waals surface area contributed by atoms with Crippen LogP contribution < -0.4 is 5.43 Å². The van der Waals surface area contributed by atoms with E-state index in [4.69, 9.17) is 0 Å². The van der Waals surface area contributed by atoms with Crippen molar-refractivity contribution in [2.75, 3.05) is 0 Å². The molecule has 0 spiro atoms. The summed E-state index contributed by atoms with van der Waals surface area (Å²) in [5.41, 5.74) is 7.51. The van der Waals surface area contributed by atoms with Crippen LogP contribution in [0.15, 0.2) is 53.5 Å². The minimum absolute atomic E-state index is 0.112. The van der Waals surface area contributed by atoms with Crippen molar-refractivity contribution in [1.29, 1.82) is 0 Å². The highest BCUT2D eigenvalue weighted by molar-refractivity contribution is 7.10. The predicted octanol–water partition coefficient (Wildman–Crippen LogP) is 3.97. The van der Waals surface area contributed by atoms with Gasteiger partial charge in [0.1, 0.15) is 0 Å². The van der Waals surface area contributed by atoms with Crippen molar-refractivity contribution >= 4 is 23.0 Å². The molecular weight excluding hydrogens is 344 g/mol. The molecule has 6 heteroatoms. The zero-order valence-corrected chi connectivity index (χ0v) is 15.4. The number of carbonyl (C=O) groups excluding carboxylic acids is 1. The number of nitrogens with one attached hydrogen (secondary N) is 1. The van der Waals surface area contributed by atoms with Gasteiger partial charge in [-0.05, 0) is 55.9 Å². The number of benzene rings is 1. The number of aromatic nitrogens is 2. The average Bonchev–Trinajstić information content (AvgIpc) is 3.36. The second-order valence-electron chi connectivity index (χ2n) is 6.41. The molecule has 5 nitrogen and oxygen atoms in total. The normalized spacial score (nSPS) is 14.1. The zero-order valence-electron chi connectivity index (χ0n) is 14.6. The highest BCUT2D eigenvalue weighted by atomic mass is 32.1. The number of nitrogens with zero attached hydrogens (tertiary/aromatic N) is 3. The standard InChI is InChI=1S/C20H20N4OS/c1-14(15-6-8-16(9-7-15)24-11-10-21-13-24)22-23-20(25)18-12-26-19-5-3-2-4-17(18)19/h6-13H,2-5H2,1H3,(H,23,25)/b22-14+. The first-order valence-electron chi connectivity index (χ1n) is 8.75. The van der Waals surface area contributed by atoms with Gasteiger partial charge in [-0.3, -0.25) is 4.79 Å². The molecular formula is C20H20N4OS. The summed E-state index contributed by atoms with van der Waals surface area (Å²) in [5, 5.41) is 6.26. The van der Waals surface area contributed by atoms with Crippen LogP contribution in [0.3, 0.4) is 0 Å². The molecule has 1 aliphatic rings. The minimum Gasteiger partial charge on any atom is -0.306 e. The molecule has 0 fully saturated rings. The van der Waals surface area contributed by atoms with Crippen LogP contribution in [0.2, 0.25) is 0 Å². The third-order valence-corrected chi connectivity index (χ3v) is 5.81. The molecule has 4 rings (SSSR count). The number of hydrazone groups is 1. The molecule has 0 bridgehead atoms. The minimum atomic E-state index is -0.112. The van der Waals surface area contributed by atoms with E-state index in [2.05, 4.69) is 15.5 Å². The van der Waals surface area contributed by atoms with Crippen molar-refractivity contribution in [2.45, 2.75) is 32.6 Å². The Kier molecular flexibility index (Phi) is 4.67. The Morgan fingerprint density at radius 2 is 2.04 bits per heavy atom. The second-order valence-corrected chi connectivity index (χ2v) is 7.38. The van der Waals surface area contributed by atoms with Gasteiger partial charge >= 0.3 is 0 Å². The van der Waals surface area contributed by atoms with Gasteiger partial charge in [0.15, 0.2) is 0 Å². The van der Waals surface area contributed by atoms with Crippen LogP contribution in [0.1, 0.15) is 46.1 Å². The Morgan fingerprint density at radius 3 is 2.81 bits per heavy atom. The van der Waals surface area contributed by atoms with Gasteiger partial charge in [0.25, 0.3) is 5.91 Å². The van der Waals surface area contributed by atoms with Crippen molar-refractivity contribution in [1.82, 2.24) is 15.0 Å². The lowest BCUT2D eigenvalue weighted by molar-refractivity contribution is 0.0954. The lowest BCUT2D eigenvalue weighted by atomic mass is 9.96. The molecule has 0 radical (unpaired) electrons. The number of amides is 1. The number of rotatable bonds is 4. The second kappa shape index (κ2) is 7.25. The number of hydrogen-bond donors (Lipinski definition) is 1. The summed E-state index contributed by atoms with van der Waals surface area (Å²) in [5.74, 6) is -0.112. The number of hydrogen-bond acceptors (Lipinski definition) is 4. The van der Waals surface area contributed by atoms with Crippen LogP contribution in [0, 0.1) is 0 Å². The maximum absolute atomic E-state index is 12.5. The van der Waals surface area contributed by atoms with Gasteiger partial charge < -0.3 is 4.57 Å². The molecule has 1 amide bonds. The molecule has 1 aliphatic carbocycles. The van der Waals surface area contributed by atoms with E-state index in [0.717, 1.165) is 41.8 Å². The van der Waals surface area contributed by atoms with E-state index in [1.54, 1.807) is 23.9 Å². The molecule has 0 saturated carbocycles. The van der Waals surface area contributed by atoms with Crippen molar-refractivity contribution in [3.05, 3.63) is 69.9 Å². The third kappa shape index (κ3) is 3.32. The number of carbonyl (C=O) groups is 1. The van der Waals surface area contributed by atoms with Gasteiger partial charge in [-0.2, -0.15) is 5.10 Å². The largest absolute Gasteiger partial charge is 0.306 e.